The summed E-state index contributed by atoms with van der Waals surface area (Å²) in [6.07, 6.45) is 0. The van der Waals surface area contributed by atoms with Gasteiger partial charge in [-0.05, 0) is 24.6 Å². The minimum absolute atomic E-state index is 0.313. The van der Waals surface area contributed by atoms with Crippen molar-refractivity contribution in [3.8, 4) is 11.3 Å². The van der Waals surface area contributed by atoms with Crippen LogP contribution in [0.5, 0.6) is 0 Å². The molecule has 0 fully saturated rings. The van der Waals surface area contributed by atoms with Gasteiger partial charge in [0.05, 0.1) is 11.4 Å². The van der Waals surface area contributed by atoms with Gasteiger partial charge in [-0.1, -0.05) is 72.8 Å². The highest BCUT2D eigenvalue weighted by atomic mass is 16.2. The zero-order valence-corrected chi connectivity index (χ0v) is 15.7. The number of amides is 1. The monoisotopic (exact) mass is 368 g/mol. The molecule has 1 amide bonds. The van der Waals surface area contributed by atoms with Gasteiger partial charge in [-0.2, -0.15) is 10.2 Å². The van der Waals surface area contributed by atoms with Gasteiger partial charge in [0.25, 0.3) is 5.91 Å². The van der Waals surface area contributed by atoms with E-state index in [9.17, 15) is 4.79 Å². The Morgan fingerprint density at radius 2 is 1.68 bits per heavy atom. The molecule has 4 rings (SSSR count). The van der Waals surface area contributed by atoms with Crippen molar-refractivity contribution in [2.24, 2.45) is 5.10 Å². The van der Waals surface area contributed by atoms with E-state index in [0.717, 1.165) is 38.9 Å². The quantitative estimate of drug-likeness (QED) is 0.405. The fourth-order valence-electron chi connectivity index (χ4n) is 3.29. The van der Waals surface area contributed by atoms with Gasteiger partial charge >= 0.3 is 0 Å². The molecule has 0 spiro atoms. The number of hydrogen-bond acceptors (Lipinski definition) is 3. The van der Waals surface area contributed by atoms with Crippen molar-refractivity contribution in [2.75, 3.05) is 0 Å². The number of carbonyl (C=O) groups excluding carboxylic acids is 1. The molecule has 3 aromatic carbocycles. The van der Waals surface area contributed by atoms with E-state index in [1.54, 1.807) is 0 Å². The molecule has 0 aliphatic rings. The highest BCUT2D eigenvalue weighted by molar-refractivity contribution is 6.10. The molecule has 0 atom stereocenters. The van der Waals surface area contributed by atoms with Crippen LogP contribution in [0, 0.1) is 6.92 Å². The molecule has 0 radical (unpaired) electrons. The Labute approximate surface area is 163 Å². The summed E-state index contributed by atoms with van der Waals surface area (Å²) in [7, 11) is 0. The van der Waals surface area contributed by atoms with Crippen LogP contribution in [0.1, 0.15) is 28.5 Å². The maximum absolute atomic E-state index is 12.6. The molecule has 1 aromatic heterocycles. The molecule has 5 nitrogen and oxygen atoms in total. The first-order valence-electron chi connectivity index (χ1n) is 9.08. The molecule has 0 bridgehead atoms. The van der Waals surface area contributed by atoms with Crippen LogP contribution < -0.4 is 5.43 Å². The van der Waals surface area contributed by atoms with Crippen molar-refractivity contribution in [1.29, 1.82) is 0 Å². The molecule has 0 unspecified atom stereocenters. The minimum Gasteiger partial charge on any atom is -0.272 e. The largest absolute Gasteiger partial charge is 0.289 e. The number of aromatic nitrogens is 2. The first kappa shape index (κ1) is 17.7. The molecule has 0 saturated heterocycles. The fourth-order valence-corrected chi connectivity index (χ4v) is 3.29. The van der Waals surface area contributed by atoms with Crippen LogP contribution in [0.3, 0.4) is 0 Å². The lowest BCUT2D eigenvalue weighted by atomic mass is 10.0. The number of aromatic amines is 1. The summed E-state index contributed by atoms with van der Waals surface area (Å²) in [5, 5.41) is 13.7. The maximum Gasteiger partial charge on any atom is 0.289 e. The van der Waals surface area contributed by atoms with Gasteiger partial charge in [-0.25, -0.2) is 5.43 Å². The van der Waals surface area contributed by atoms with Crippen LogP contribution in [-0.4, -0.2) is 21.8 Å². The number of nitrogens with one attached hydrogen (secondary N) is 2. The van der Waals surface area contributed by atoms with E-state index in [1.807, 2.05) is 68.4 Å². The van der Waals surface area contributed by atoms with Gasteiger partial charge in [-0.3, -0.25) is 9.89 Å². The van der Waals surface area contributed by atoms with Crippen molar-refractivity contribution in [1.82, 2.24) is 15.6 Å². The zero-order valence-electron chi connectivity index (χ0n) is 15.7. The molecule has 4 aromatic rings. The Morgan fingerprint density at radius 1 is 0.964 bits per heavy atom. The van der Waals surface area contributed by atoms with Crippen molar-refractivity contribution >= 4 is 22.4 Å². The summed E-state index contributed by atoms with van der Waals surface area (Å²) < 4.78 is 0. The summed E-state index contributed by atoms with van der Waals surface area (Å²) in [5.41, 5.74) is 7.31. The first-order valence-corrected chi connectivity index (χ1v) is 9.08. The molecular formula is C23H20N4O. The molecule has 5 heteroatoms. The van der Waals surface area contributed by atoms with Crippen molar-refractivity contribution in [2.45, 2.75) is 13.8 Å². The third-order valence-electron chi connectivity index (χ3n) is 4.79. The number of rotatable bonds is 4. The van der Waals surface area contributed by atoms with E-state index in [4.69, 9.17) is 0 Å². The Hall–Kier alpha value is -3.73. The Balaban J connectivity index is 1.58. The van der Waals surface area contributed by atoms with Crippen molar-refractivity contribution in [3.05, 3.63) is 89.6 Å². The number of carbonyl (C=O) groups is 1. The second-order valence-electron chi connectivity index (χ2n) is 6.60. The number of hydrazone groups is 1. The summed E-state index contributed by atoms with van der Waals surface area (Å²) in [6.45, 7) is 3.76. The lowest BCUT2D eigenvalue weighted by Crippen LogP contribution is -2.20. The number of benzene rings is 3. The van der Waals surface area contributed by atoms with Gasteiger partial charge in [0.1, 0.15) is 5.69 Å². The van der Waals surface area contributed by atoms with E-state index < -0.39 is 0 Å². The molecule has 138 valence electrons. The second-order valence-corrected chi connectivity index (χ2v) is 6.60. The van der Waals surface area contributed by atoms with Gasteiger partial charge in [0.2, 0.25) is 0 Å². The highest BCUT2D eigenvalue weighted by Gasteiger charge is 2.16. The number of nitrogens with zero attached hydrogens (tertiary/aromatic N) is 2. The van der Waals surface area contributed by atoms with Crippen LogP contribution in [0.15, 0.2) is 77.9 Å². The minimum atomic E-state index is -0.313. The number of hydrogen-bond donors (Lipinski definition) is 2. The van der Waals surface area contributed by atoms with E-state index >= 15 is 0 Å². The van der Waals surface area contributed by atoms with Gasteiger partial charge < -0.3 is 0 Å². The summed E-state index contributed by atoms with van der Waals surface area (Å²) in [5.74, 6) is -0.313. The molecule has 2 N–H and O–H groups in total. The predicted octanol–water partition coefficient (Wildman–Crippen LogP) is 4.69. The summed E-state index contributed by atoms with van der Waals surface area (Å²) in [6, 6.07) is 23.9. The van der Waals surface area contributed by atoms with E-state index in [-0.39, 0.29) is 5.91 Å². The normalized spacial score (nSPS) is 11.6. The highest BCUT2D eigenvalue weighted by Crippen LogP contribution is 2.23. The zero-order chi connectivity index (χ0) is 19.5. The number of fused-ring (bicyclic) bond motifs is 1. The predicted molar refractivity (Wildman–Crippen MR) is 112 cm³/mol. The van der Waals surface area contributed by atoms with Crippen molar-refractivity contribution in [3.63, 3.8) is 0 Å². The maximum atomic E-state index is 12.6. The molecule has 0 aliphatic heterocycles. The summed E-state index contributed by atoms with van der Waals surface area (Å²) >= 11 is 0. The van der Waals surface area contributed by atoms with E-state index in [1.165, 1.54) is 0 Å². The average molecular weight is 368 g/mol. The van der Waals surface area contributed by atoms with Gasteiger partial charge in [0.15, 0.2) is 0 Å². The second kappa shape index (κ2) is 7.48. The SMILES string of the molecule is C/C(=N\NC(=O)c1[nH]nc(-c2ccccc2)c1C)c1cccc2ccccc12. The fraction of sp³-hybridized carbons (Fsp3) is 0.0870. The lowest BCUT2D eigenvalue weighted by Gasteiger charge is -2.06. The number of H-pyrrole nitrogens is 1. The Kier molecular flexibility index (Phi) is 4.72. The van der Waals surface area contributed by atoms with E-state index in [2.05, 4.69) is 38.9 Å². The Morgan fingerprint density at radius 3 is 2.50 bits per heavy atom. The van der Waals surface area contributed by atoms with Crippen LogP contribution in [-0.2, 0) is 0 Å². The molecule has 28 heavy (non-hydrogen) atoms. The molecule has 0 aliphatic carbocycles. The summed E-state index contributed by atoms with van der Waals surface area (Å²) in [4.78, 5) is 12.6. The first-order chi connectivity index (χ1) is 13.6. The van der Waals surface area contributed by atoms with Crippen LogP contribution in [0.25, 0.3) is 22.0 Å². The third kappa shape index (κ3) is 3.30. The van der Waals surface area contributed by atoms with Gasteiger partial charge in [0, 0.05) is 16.7 Å². The van der Waals surface area contributed by atoms with Crippen LogP contribution in [0.4, 0.5) is 0 Å². The molecule has 0 saturated carbocycles. The van der Waals surface area contributed by atoms with Gasteiger partial charge in [-0.15, -0.1) is 0 Å². The third-order valence-corrected chi connectivity index (χ3v) is 4.79. The van der Waals surface area contributed by atoms with Crippen molar-refractivity contribution < 1.29 is 4.79 Å². The van der Waals surface area contributed by atoms with Crippen LogP contribution >= 0.6 is 0 Å². The standard InChI is InChI=1S/C23H20N4O/c1-15-21(18-10-4-3-5-11-18)25-26-22(15)23(28)27-24-16(2)19-14-8-12-17-9-6-7-13-20(17)19/h3-14H,1-2H3,(H,25,26)(H,27,28)/b24-16+. The average Bonchev–Trinajstić information content (AvgIpc) is 3.13. The molecule has 1 heterocycles. The van der Waals surface area contributed by atoms with Crippen LogP contribution in [0.2, 0.25) is 0 Å². The lowest BCUT2D eigenvalue weighted by molar-refractivity contribution is 0.0949. The topological polar surface area (TPSA) is 70.1 Å². The smallest absolute Gasteiger partial charge is 0.272 e. The van der Waals surface area contributed by atoms with E-state index in [0.29, 0.717) is 5.69 Å². The molecular weight excluding hydrogens is 348 g/mol. The Bertz CT molecular complexity index is 1170.